The summed E-state index contributed by atoms with van der Waals surface area (Å²) in [7, 11) is 3.58. The summed E-state index contributed by atoms with van der Waals surface area (Å²) in [4.78, 5) is 6.77. The number of rotatable bonds is 9. The molecule has 0 radical (unpaired) electrons. The summed E-state index contributed by atoms with van der Waals surface area (Å²) in [5.41, 5.74) is 1.32. The zero-order chi connectivity index (χ0) is 18.6. The Kier molecular flexibility index (Phi) is 9.82. The molecule has 0 saturated carbocycles. The van der Waals surface area contributed by atoms with Gasteiger partial charge in [-0.2, -0.15) is 0 Å². The predicted octanol–water partition coefficient (Wildman–Crippen LogP) is 3.37. The number of piperidine rings is 1. The van der Waals surface area contributed by atoms with Gasteiger partial charge in [-0.3, -0.25) is 4.99 Å². The Hall–Kier alpha value is -1.30. The number of nitrogens with zero attached hydrogens (tertiary/aromatic N) is 2. The molecule has 0 spiro atoms. The highest BCUT2D eigenvalue weighted by Gasteiger charge is 2.21. The largest absolute Gasteiger partial charge is 0.385 e. The lowest BCUT2D eigenvalue weighted by molar-refractivity contribution is 0.00991. The minimum Gasteiger partial charge on any atom is -0.385 e. The van der Waals surface area contributed by atoms with Gasteiger partial charge in [0, 0.05) is 52.0 Å². The first-order valence-electron chi connectivity index (χ1n) is 9.53. The quantitative estimate of drug-likeness (QED) is 0.404. The number of likely N-dealkylation sites (tertiary alicyclic amines) is 1. The monoisotopic (exact) mass is 381 g/mol. The van der Waals surface area contributed by atoms with Gasteiger partial charge in [-0.15, -0.1) is 0 Å². The topological polar surface area (TPSA) is 46.1 Å². The number of aryl methyl sites for hydroxylation is 1. The first kappa shape index (κ1) is 21.0. The molecule has 0 aliphatic carbocycles. The van der Waals surface area contributed by atoms with Crippen molar-refractivity contribution in [1.29, 1.82) is 0 Å². The Morgan fingerprint density at radius 3 is 2.58 bits per heavy atom. The minimum absolute atomic E-state index is 0.367. The molecule has 1 heterocycles. The van der Waals surface area contributed by atoms with Crippen molar-refractivity contribution in [3.05, 3.63) is 34.9 Å². The van der Waals surface area contributed by atoms with Crippen LogP contribution in [0.5, 0.6) is 0 Å². The van der Waals surface area contributed by atoms with Gasteiger partial charge in [0.05, 0.1) is 6.10 Å². The van der Waals surface area contributed by atoms with E-state index in [0.29, 0.717) is 6.10 Å². The number of ether oxygens (including phenoxy) is 2. The second-order valence-corrected chi connectivity index (χ2v) is 7.04. The standard InChI is InChI=1S/C20H32ClN3O2/c1-22-20(23-12-3-5-17-6-8-18(21)9-7-17)24-13-10-19(11-14-24)26-16-4-15-25-2/h6-9,19H,3-5,10-16H2,1-2H3,(H,22,23). The fourth-order valence-corrected chi connectivity index (χ4v) is 3.29. The Morgan fingerprint density at radius 2 is 1.92 bits per heavy atom. The van der Waals surface area contributed by atoms with E-state index in [1.807, 2.05) is 19.2 Å². The molecule has 6 heteroatoms. The third-order valence-corrected chi connectivity index (χ3v) is 4.89. The average molecular weight is 382 g/mol. The fraction of sp³-hybridized carbons (Fsp3) is 0.650. The Labute approximate surface area is 162 Å². The van der Waals surface area contributed by atoms with Crippen molar-refractivity contribution in [2.45, 2.75) is 38.2 Å². The third-order valence-electron chi connectivity index (χ3n) is 4.64. The van der Waals surface area contributed by atoms with E-state index >= 15 is 0 Å². The van der Waals surface area contributed by atoms with Crippen molar-refractivity contribution in [2.75, 3.05) is 47.0 Å². The van der Waals surface area contributed by atoms with Crippen LogP contribution in [0, 0.1) is 0 Å². The summed E-state index contributed by atoms with van der Waals surface area (Å²) in [6, 6.07) is 8.08. The molecule has 1 saturated heterocycles. The highest BCUT2D eigenvalue weighted by Crippen LogP contribution is 2.14. The van der Waals surface area contributed by atoms with E-state index in [0.717, 1.165) is 75.9 Å². The number of guanidine groups is 1. The summed E-state index contributed by atoms with van der Waals surface area (Å²) in [6.07, 6.45) is 5.55. The van der Waals surface area contributed by atoms with E-state index in [1.165, 1.54) is 5.56 Å². The predicted molar refractivity (Wildman–Crippen MR) is 108 cm³/mol. The van der Waals surface area contributed by atoms with Crippen LogP contribution >= 0.6 is 11.6 Å². The van der Waals surface area contributed by atoms with E-state index in [1.54, 1.807) is 7.11 Å². The van der Waals surface area contributed by atoms with Crippen molar-refractivity contribution in [3.8, 4) is 0 Å². The summed E-state index contributed by atoms with van der Waals surface area (Å²) < 4.78 is 11.0. The molecule has 26 heavy (non-hydrogen) atoms. The maximum atomic E-state index is 5.93. The molecule has 0 unspecified atom stereocenters. The Morgan fingerprint density at radius 1 is 1.19 bits per heavy atom. The molecule has 0 bridgehead atoms. The molecule has 1 aromatic rings. The molecule has 1 aliphatic rings. The number of benzene rings is 1. The zero-order valence-corrected chi connectivity index (χ0v) is 16.8. The van der Waals surface area contributed by atoms with E-state index < -0.39 is 0 Å². The van der Waals surface area contributed by atoms with E-state index in [-0.39, 0.29) is 0 Å². The number of nitrogens with one attached hydrogen (secondary N) is 1. The molecule has 0 atom stereocenters. The number of hydrogen-bond acceptors (Lipinski definition) is 3. The normalized spacial score (nSPS) is 16.1. The van der Waals surface area contributed by atoms with Gasteiger partial charge in [0.25, 0.3) is 0 Å². The smallest absolute Gasteiger partial charge is 0.193 e. The second-order valence-electron chi connectivity index (χ2n) is 6.61. The molecular weight excluding hydrogens is 350 g/mol. The van der Waals surface area contributed by atoms with Crippen molar-refractivity contribution < 1.29 is 9.47 Å². The van der Waals surface area contributed by atoms with Crippen LogP contribution in [0.25, 0.3) is 0 Å². The van der Waals surface area contributed by atoms with E-state index in [2.05, 4.69) is 27.3 Å². The van der Waals surface area contributed by atoms with E-state index in [9.17, 15) is 0 Å². The van der Waals surface area contributed by atoms with Crippen LogP contribution in [0.2, 0.25) is 5.02 Å². The highest BCUT2D eigenvalue weighted by molar-refractivity contribution is 6.30. The van der Waals surface area contributed by atoms with Gasteiger partial charge < -0.3 is 19.7 Å². The van der Waals surface area contributed by atoms with Gasteiger partial charge in [0.2, 0.25) is 0 Å². The van der Waals surface area contributed by atoms with Gasteiger partial charge >= 0.3 is 0 Å². The zero-order valence-electron chi connectivity index (χ0n) is 16.0. The summed E-state index contributed by atoms with van der Waals surface area (Å²) in [6.45, 7) is 4.46. The van der Waals surface area contributed by atoms with Gasteiger partial charge in [-0.05, 0) is 49.8 Å². The van der Waals surface area contributed by atoms with Crippen LogP contribution < -0.4 is 5.32 Å². The number of aliphatic imine (C=N–C) groups is 1. The number of halogens is 1. The van der Waals surface area contributed by atoms with Crippen molar-refractivity contribution in [3.63, 3.8) is 0 Å². The molecule has 146 valence electrons. The molecule has 1 fully saturated rings. The first-order valence-corrected chi connectivity index (χ1v) is 9.91. The third kappa shape index (κ3) is 7.52. The van der Waals surface area contributed by atoms with Gasteiger partial charge in [-0.25, -0.2) is 0 Å². The van der Waals surface area contributed by atoms with Crippen LogP contribution in [0.3, 0.4) is 0 Å². The van der Waals surface area contributed by atoms with Crippen molar-refractivity contribution in [1.82, 2.24) is 10.2 Å². The van der Waals surface area contributed by atoms with Crippen molar-refractivity contribution in [2.24, 2.45) is 4.99 Å². The average Bonchev–Trinajstić information content (AvgIpc) is 2.67. The Bertz CT molecular complexity index is 528. The molecule has 1 aliphatic heterocycles. The van der Waals surface area contributed by atoms with Gasteiger partial charge in [-0.1, -0.05) is 23.7 Å². The number of hydrogen-bond donors (Lipinski definition) is 1. The minimum atomic E-state index is 0.367. The lowest BCUT2D eigenvalue weighted by Gasteiger charge is -2.34. The summed E-state index contributed by atoms with van der Waals surface area (Å²) >= 11 is 5.92. The molecule has 1 aromatic carbocycles. The SMILES string of the molecule is CN=C(NCCCc1ccc(Cl)cc1)N1CCC(OCCCOC)CC1. The summed E-state index contributed by atoms with van der Waals surface area (Å²) in [5, 5.41) is 4.28. The number of methoxy groups -OCH3 is 1. The second kappa shape index (κ2) is 12.2. The first-order chi connectivity index (χ1) is 12.7. The molecule has 5 nitrogen and oxygen atoms in total. The lowest BCUT2D eigenvalue weighted by atomic mass is 10.1. The molecule has 0 amide bonds. The molecule has 0 aromatic heterocycles. The van der Waals surface area contributed by atoms with Crippen LogP contribution in [0.4, 0.5) is 0 Å². The van der Waals surface area contributed by atoms with Crippen molar-refractivity contribution >= 4 is 17.6 Å². The maximum Gasteiger partial charge on any atom is 0.193 e. The molecule has 2 rings (SSSR count). The van der Waals surface area contributed by atoms with Crippen LogP contribution in [0.1, 0.15) is 31.2 Å². The fourth-order valence-electron chi connectivity index (χ4n) is 3.16. The Balaban J connectivity index is 1.62. The van der Waals surface area contributed by atoms with Gasteiger partial charge in [0.15, 0.2) is 5.96 Å². The summed E-state index contributed by atoms with van der Waals surface area (Å²) in [5.74, 6) is 0.999. The maximum absolute atomic E-state index is 5.93. The highest BCUT2D eigenvalue weighted by atomic mass is 35.5. The molecular formula is C20H32ClN3O2. The lowest BCUT2D eigenvalue weighted by Crippen LogP contribution is -2.47. The molecule has 1 N–H and O–H groups in total. The van der Waals surface area contributed by atoms with Crippen LogP contribution in [0.15, 0.2) is 29.3 Å². The van der Waals surface area contributed by atoms with E-state index in [4.69, 9.17) is 21.1 Å². The van der Waals surface area contributed by atoms with Crippen LogP contribution in [-0.4, -0.2) is 64.0 Å². The van der Waals surface area contributed by atoms with Gasteiger partial charge in [0.1, 0.15) is 0 Å². The van der Waals surface area contributed by atoms with Crippen LogP contribution in [-0.2, 0) is 15.9 Å².